The van der Waals surface area contributed by atoms with Crippen LogP contribution >= 0.6 is 0 Å². The molecule has 1 N–H and O–H groups in total. The topological polar surface area (TPSA) is 42.7 Å². The fourth-order valence-corrected chi connectivity index (χ4v) is 2.00. The summed E-state index contributed by atoms with van der Waals surface area (Å²) in [7, 11) is 0. The average Bonchev–Trinajstić information content (AvgIpc) is 3.00. The van der Waals surface area contributed by atoms with E-state index in [9.17, 15) is 4.39 Å². The summed E-state index contributed by atoms with van der Waals surface area (Å²) < 4.78 is 14.8. The van der Waals surface area contributed by atoms with Crippen molar-refractivity contribution in [3.8, 4) is 5.69 Å². The number of nitrogens with one attached hydrogen (secondary N) is 1. The average molecular weight is 268 g/mol. The van der Waals surface area contributed by atoms with Crippen LogP contribution in [0.4, 0.5) is 10.1 Å². The van der Waals surface area contributed by atoms with Gasteiger partial charge in [-0.05, 0) is 29.8 Å². The molecule has 1 aromatic heterocycles. The smallest absolute Gasteiger partial charge is 0.123 e. The highest BCUT2D eigenvalue weighted by Gasteiger charge is 2.04. The molecular formula is C15H13FN4. The van der Waals surface area contributed by atoms with E-state index in [1.54, 1.807) is 23.1 Å². The van der Waals surface area contributed by atoms with Gasteiger partial charge >= 0.3 is 0 Å². The maximum Gasteiger partial charge on any atom is 0.123 e. The summed E-state index contributed by atoms with van der Waals surface area (Å²) in [6.07, 6.45) is 3.41. The van der Waals surface area contributed by atoms with Crippen molar-refractivity contribution in [2.75, 3.05) is 5.32 Å². The van der Waals surface area contributed by atoms with Crippen LogP contribution in [0.3, 0.4) is 0 Å². The first-order valence-electron chi connectivity index (χ1n) is 6.27. The summed E-state index contributed by atoms with van der Waals surface area (Å²) in [5.74, 6) is -0.228. The predicted octanol–water partition coefficient (Wildman–Crippen LogP) is 3.02. The van der Waals surface area contributed by atoms with E-state index in [1.165, 1.54) is 12.1 Å². The maximum atomic E-state index is 13.1. The third-order valence-electron chi connectivity index (χ3n) is 2.95. The minimum atomic E-state index is -0.228. The van der Waals surface area contributed by atoms with Crippen LogP contribution in [-0.2, 0) is 6.54 Å². The Bertz CT molecular complexity index is 695. The lowest BCUT2D eigenvalue weighted by Crippen LogP contribution is -2.05. The lowest BCUT2D eigenvalue weighted by Gasteiger charge is -2.11. The van der Waals surface area contributed by atoms with Crippen molar-refractivity contribution in [2.45, 2.75) is 6.54 Å². The van der Waals surface area contributed by atoms with E-state index < -0.39 is 0 Å². The highest BCUT2D eigenvalue weighted by Crippen LogP contribution is 2.19. The van der Waals surface area contributed by atoms with Crippen molar-refractivity contribution >= 4 is 5.69 Å². The highest BCUT2D eigenvalue weighted by molar-refractivity contribution is 5.60. The van der Waals surface area contributed by atoms with Crippen LogP contribution in [0.1, 0.15) is 5.56 Å². The summed E-state index contributed by atoms with van der Waals surface area (Å²) in [5.41, 5.74) is 2.71. The fraction of sp³-hybridized carbons (Fsp3) is 0.0667. The van der Waals surface area contributed by atoms with Gasteiger partial charge in [0.2, 0.25) is 0 Å². The third-order valence-corrected chi connectivity index (χ3v) is 2.95. The van der Waals surface area contributed by atoms with E-state index >= 15 is 0 Å². The molecule has 4 nitrogen and oxygen atoms in total. The molecule has 0 atom stereocenters. The largest absolute Gasteiger partial charge is 0.379 e. The van der Waals surface area contributed by atoms with Gasteiger partial charge in [0.25, 0.3) is 0 Å². The summed E-state index contributed by atoms with van der Waals surface area (Å²) in [6.45, 7) is 0.545. The summed E-state index contributed by atoms with van der Waals surface area (Å²) in [5, 5.41) is 11.1. The van der Waals surface area contributed by atoms with Gasteiger partial charge in [0.15, 0.2) is 0 Å². The number of halogens is 1. The Hall–Kier alpha value is -2.69. The highest BCUT2D eigenvalue weighted by atomic mass is 19.1. The van der Waals surface area contributed by atoms with Crippen LogP contribution < -0.4 is 5.32 Å². The molecule has 0 aliphatic carbocycles. The number of para-hydroxylation sites is 2. The number of rotatable bonds is 4. The molecule has 3 aromatic rings. The van der Waals surface area contributed by atoms with Gasteiger partial charge in [0.1, 0.15) is 5.82 Å². The third kappa shape index (κ3) is 2.66. The molecule has 0 saturated heterocycles. The predicted molar refractivity (Wildman–Crippen MR) is 75.1 cm³/mol. The summed E-state index contributed by atoms with van der Waals surface area (Å²) in [4.78, 5) is 0. The molecule has 0 unspecified atom stereocenters. The zero-order valence-corrected chi connectivity index (χ0v) is 10.7. The second kappa shape index (κ2) is 5.52. The van der Waals surface area contributed by atoms with E-state index in [0.717, 1.165) is 16.9 Å². The fourth-order valence-electron chi connectivity index (χ4n) is 2.00. The van der Waals surface area contributed by atoms with Crippen molar-refractivity contribution in [1.29, 1.82) is 0 Å². The second-order valence-corrected chi connectivity index (χ2v) is 4.35. The van der Waals surface area contributed by atoms with Gasteiger partial charge < -0.3 is 5.32 Å². The molecule has 20 heavy (non-hydrogen) atoms. The van der Waals surface area contributed by atoms with Gasteiger partial charge in [-0.15, -0.1) is 5.10 Å². The van der Waals surface area contributed by atoms with Gasteiger partial charge in [-0.25, -0.2) is 9.07 Å². The summed E-state index contributed by atoms with van der Waals surface area (Å²) in [6, 6.07) is 14.3. The van der Waals surface area contributed by atoms with Crippen molar-refractivity contribution < 1.29 is 4.39 Å². The standard InChI is InChI=1S/C15H13FN4/c16-13-5-3-4-12(10-13)11-17-14-6-1-2-7-15(14)20-9-8-18-19-20/h1-10,17H,11H2. The molecule has 0 radical (unpaired) electrons. The lowest BCUT2D eigenvalue weighted by molar-refractivity contribution is 0.626. The number of benzene rings is 2. The van der Waals surface area contributed by atoms with Gasteiger partial charge in [-0.1, -0.05) is 29.5 Å². The van der Waals surface area contributed by atoms with Crippen molar-refractivity contribution in [3.05, 3.63) is 72.3 Å². The molecule has 0 amide bonds. The Morgan fingerprint density at radius 2 is 2.00 bits per heavy atom. The maximum absolute atomic E-state index is 13.1. The molecule has 0 bridgehead atoms. The molecule has 2 aromatic carbocycles. The van der Waals surface area contributed by atoms with E-state index in [4.69, 9.17) is 0 Å². The molecule has 0 saturated carbocycles. The number of nitrogens with zero attached hydrogens (tertiary/aromatic N) is 3. The number of anilines is 1. The monoisotopic (exact) mass is 268 g/mol. The first kappa shape index (κ1) is 12.3. The SMILES string of the molecule is Fc1cccc(CNc2ccccc2-n2ccnn2)c1. The van der Waals surface area contributed by atoms with Crippen LogP contribution in [0, 0.1) is 5.82 Å². The molecule has 0 fully saturated rings. The van der Waals surface area contributed by atoms with Crippen LogP contribution in [0.5, 0.6) is 0 Å². The van der Waals surface area contributed by atoms with Crippen LogP contribution in [0.15, 0.2) is 60.9 Å². The molecule has 3 rings (SSSR count). The van der Waals surface area contributed by atoms with Gasteiger partial charge in [-0.2, -0.15) is 0 Å². The minimum Gasteiger partial charge on any atom is -0.379 e. The van der Waals surface area contributed by atoms with E-state index in [2.05, 4.69) is 15.6 Å². The second-order valence-electron chi connectivity index (χ2n) is 4.35. The van der Waals surface area contributed by atoms with E-state index in [-0.39, 0.29) is 5.82 Å². The van der Waals surface area contributed by atoms with Crippen molar-refractivity contribution in [3.63, 3.8) is 0 Å². The molecule has 0 aliphatic rings. The van der Waals surface area contributed by atoms with Gasteiger partial charge in [0, 0.05) is 6.54 Å². The Morgan fingerprint density at radius 1 is 1.10 bits per heavy atom. The normalized spacial score (nSPS) is 10.4. The first-order chi connectivity index (χ1) is 9.83. The number of aromatic nitrogens is 3. The lowest BCUT2D eigenvalue weighted by atomic mass is 10.2. The Balaban J connectivity index is 1.81. The van der Waals surface area contributed by atoms with Gasteiger partial charge in [0.05, 0.1) is 23.8 Å². The number of hydrogen-bond acceptors (Lipinski definition) is 3. The van der Waals surface area contributed by atoms with Gasteiger partial charge in [-0.3, -0.25) is 0 Å². The van der Waals surface area contributed by atoms with E-state index in [0.29, 0.717) is 6.54 Å². The quantitative estimate of drug-likeness (QED) is 0.791. The van der Waals surface area contributed by atoms with Crippen LogP contribution in [-0.4, -0.2) is 15.0 Å². The Labute approximate surface area is 115 Å². The molecule has 0 spiro atoms. The van der Waals surface area contributed by atoms with Crippen LogP contribution in [0.2, 0.25) is 0 Å². The molecular weight excluding hydrogens is 255 g/mol. The summed E-state index contributed by atoms with van der Waals surface area (Å²) >= 11 is 0. The first-order valence-corrected chi connectivity index (χ1v) is 6.27. The molecule has 100 valence electrons. The van der Waals surface area contributed by atoms with Crippen molar-refractivity contribution in [1.82, 2.24) is 15.0 Å². The zero-order chi connectivity index (χ0) is 13.8. The Morgan fingerprint density at radius 3 is 2.80 bits per heavy atom. The molecule has 1 heterocycles. The van der Waals surface area contributed by atoms with Crippen LogP contribution in [0.25, 0.3) is 5.69 Å². The van der Waals surface area contributed by atoms with E-state index in [1.807, 2.05) is 30.3 Å². The molecule has 0 aliphatic heterocycles. The number of hydrogen-bond donors (Lipinski definition) is 1. The zero-order valence-electron chi connectivity index (χ0n) is 10.7. The minimum absolute atomic E-state index is 0.228. The Kier molecular flexibility index (Phi) is 3.41. The van der Waals surface area contributed by atoms with Crippen molar-refractivity contribution in [2.24, 2.45) is 0 Å². The molecule has 5 heteroatoms.